The summed E-state index contributed by atoms with van der Waals surface area (Å²) in [5.41, 5.74) is 2.54. The number of hydrogen-bond donors (Lipinski definition) is 0. The Balaban J connectivity index is 0.000000963. The van der Waals surface area contributed by atoms with E-state index in [-0.39, 0.29) is 38.1 Å². The first-order valence-electron chi connectivity index (χ1n) is 5.20. The van der Waals surface area contributed by atoms with Crippen LogP contribution in [-0.2, 0) is 4.74 Å². The molecule has 0 N–H and O–H groups in total. The monoisotopic (exact) mass is 222 g/mol. The molecule has 0 saturated carbocycles. The minimum Gasteiger partial charge on any atom is -1.00 e. The Morgan fingerprint density at radius 3 is 1.44 bits per heavy atom. The SMILES string of the molecule is [H-].[H-].[Mg+2].c1ccc(C2OC2c2ccccc2)cc1. The van der Waals surface area contributed by atoms with Crippen LogP contribution in [0.5, 0.6) is 0 Å². The van der Waals surface area contributed by atoms with Gasteiger partial charge in [-0.15, -0.1) is 0 Å². The van der Waals surface area contributed by atoms with E-state index in [4.69, 9.17) is 4.74 Å². The Morgan fingerprint density at radius 2 is 1.06 bits per heavy atom. The van der Waals surface area contributed by atoms with Crippen LogP contribution in [0.15, 0.2) is 60.7 Å². The number of epoxide rings is 1. The van der Waals surface area contributed by atoms with Crippen molar-refractivity contribution in [3.05, 3.63) is 71.8 Å². The molecule has 1 aliphatic heterocycles. The van der Waals surface area contributed by atoms with Gasteiger partial charge in [-0.1, -0.05) is 60.7 Å². The molecule has 2 atom stereocenters. The molecule has 1 aliphatic rings. The molecule has 2 heteroatoms. The molecule has 2 unspecified atom stereocenters. The summed E-state index contributed by atoms with van der Waals surface area (Å²) < 4.78 is 5.69. The zero-order valence-corrected chi connectivity index (χ0v) is 10.5. The molecule has 3 rings (SSSR count). The maximum absolute atomic E-state index is 5.69. The van der Waals surface area contributed by atoms with Gasteiger partial charge in [-0.25, -0.2) is 0 Å². The van der Waals surface area contributed by atoms with Gasteiger partial charge in [-0.2, -0.15) is 0 Å². The number of ether oxygens (including phenoxy) is 1. The first kappa shape index (κ1) is 11.6. The van der Waals surface area contributed by atoms with Gasteiger partial charge < -0.3 is 7.59 Å². The molecule has 16 heavy (non-hydrogen) atoms. The average Bonchev–Trinajstić information content (AvgIpc) is 3.11. The Bertz CT molecular complexity index is 406. The largest absolute Gasteiger partial charge is 2.00 e. The average molecular weight is 223 g/mol. The van der Waals surface area contributed by atoms with Gasteiger partial charge in [0.15, 0.2) is 0 Å². The van der Waals surface area contributed by atoms with E-state index in [1.165, 1.54) is 11.1 Å². The van der Waals surface area contributed by atoms with Gasteiger partial charge in [0.05, 0.1) is 0 Å². The third-order valence-corrected chi connectivity index (χ3v) is 2.75. The predicted molar refractivity (Wildman–Crippen MR) is 67.4 cm³/mol. The first-order valence-corrected chi connectivity index (χ1v) is 5.20. The van der Waals surface area contributed by atoms with E-state index in [1.54, 1.807) is 0 Å². The summed E-state index contributed by atoms with van der Waals surface area (Å²) in [6.07, 6.45) is 0.516. The zero-order chi connectivity index (χ0) is 10.1. The molecule has 1 fully saturated rings. The van der Waals surface area contributed by atoms with E-state index in [0.29, 0.717) is 0 Å². The predicted octanol–water partition coefficient (Wildman–Crippen LogP) is 3.34. The van der Waals surface area contributed by atoms with Crippen molar-refractivity contribution in [1.82, 2.24) is 0 Å². The van der Waals surface area contributed by atoms with Crippen molar-refractivity contribution in [2.75, 3.05) is 0 Å². The molecule has 0 aromatic heterocycles. The fourth-order valence-corrected chi connectivity index (χ4v) is 1.90. The quantitative estimate of drug-likeness (QED) is 0.561. The first-order chi connectivity index (χ1) is 7.45. The van der Waals surface area contributed by atoms with E-state index in [1.807, 2.05) is 12.1 Å². The van der Waals surface area contributed by atoms with Crippen LogP contribution in [0.25, 0.3) is 0 Å². The van der Waals surface area contributed by atoms with E-state index in [0.717, 1.165) is 0 Å². The van der Waals surface area contributed by atoms with E-state index in [2.05, 4.69) is 48.5 Å². The minimum atomic E-state index is 0. The number of rotatable bonds is 2. The normalized spacial score (nSPS) is 22.2. The maximum atomic E-state index is 5.69. The zero-order valence-electron chi connectivity index (χ0n) is 11.0. The molecule has 1 nitrogen and oxygen atoms in total. The van der Waals surface area contributed by atoms with Gasteiger partial charge in [-0.05, 0) is 11.1 Å². The molecule has 0 aliphatic carbocycles. The molecule has 0 radical (unpaired) electrons. The fraction of sp³-hybridized carbons (Fsp3) is 0.143. The summed E-state index contributed by atoms with van der Waals surface area (Å²) >= 11 is 0. The second-order valence-electron chi connectivity index (χ2n) is 3.80. The van der Waals surface area contributed by atoms with Crippen LogP contribution in [0.4, 0.5) is 0 Å². The van der Waals surface area contributed by atoms with Crippen LogP contribution < -0.4 is 0 Å². The van der Waals surface area contributed by atoms with Gasteiger partial charge in [0.2, 0.25) is 0 Å². The van der Waals surface area contributed by atoms with Gasteiger partial charge in [0.25, 0.3) is 0 Å². The van der Waals surface area contributed by atoms with Crippen LogP contribution in [-0.4, -0.2) is 23.1 Å². The standard InChI is InChI=1S/C14H12O.Mg.2H/c1-3-7-11(8-4-1)13-14(15-13)12-9-5-2-6-10-12;;;/h1-10,13-14H;;;/q;+2;2*-1. The molecule has 0 amide bonds. The summed E-state index contributed by atoms with van der Waals surface area (Å²) in [6.45, 7) is 0. The van der Waals surface area contributed by atoms with Crippen LogP contribution in [0.2, 0.25) is 0 Å². The molecule has 2 aromatic carbocycles. The topological polar surface area (TPSA) is 12.5 Å². The summed E-state index contributed by atoms with van der Waals surface area (Å²) in [4.78, 5) is 0. The molecule has 1 saturated heterocycles. The summed E-state index contributed by atoms with van der Waals surface area (Å²) in [6, 6.07) is 20.8. The Hall–Kier alpha value is -0.834. The molecule has 0 spiro atoms. The Kier molecular flexibility index (Phi) is 3.64. The summed E-state index contributed by atoms with van der Waals surface area (Å²) in [5.74, 6) is 0. The Labute approximate surface area is 115 Å². The number of benzene rings is 2. The third kappa shape index (κ3) is 2.29. The smallest absolute Gasteiger partial charge is 1.00 e. The molecular weight excluding hydrogens is 208 g/mol. The number of hydrogen-bond acceptors (Lipinski definition) is 1. The van der Waals surface area contributed by atoms with Crippen LogP contribution in [0.3, 0.4) is 0 Å². The maximum Gasteiger partial charge on any atom is 2.00 e. The van der Waals surface area contributed by atoms with Crippen molar-refractivity contribution in [2.45, 2.75) is 12.2 Å². The van der Waals surface area contributed by atoms with Crippen molar-refractivity contribution in [3.8, 4) is 0 Å². The van der Waals surface area contributed by atoms with Gasteiger partial charge in [0.1, 0.15) is 12.2 Å². The van der Waals surface area contributed by atoms with Crippen LogP contribution in [0, 0.1) is 0 Å². The van der Waals surface area contributed by atoms with Gasteiger partial charge in [-0.3, -0.25) is 0 Å². The van der Waals surface area contributed by atoms with Crippen molar-refractivity contribution >= 4 is 23.1 Å². The van der Waals surface area contributed by atoms with Gasteiger partial charge in [0, 0.05) is 0 Å². The second-order valence-corrected chi connectivity index (χ2v) is 3.80. The van der Waals surface area contributed by atoms with Crippen molar-refractivity contribution in [2.24, 2.45) is 0 Å². The van der Waals surface area contributed by atoms with Crippen LogP contribution in [0.1, 0.15) is 26.2 Å². The van der Waals surface area contributed by atoms with Gasteiger partial charge >= 0.3 is 23.1 Å². The second kappa shape index (κ2) is 5.00. The molecule has 1 heterocycles. The molecule has 78 valence electrons. The molecule has 2 aromatic rings. The minimum absolute atomic E-state index is 0. The van der Waals surface area contributed by atoms with Crippen molar-refractivity contribution in [3.63, 3.8) is 0 Å². The van der Waals surface area contributed by atoms with Crippen molar-refractivity contribution in [1.29, 1.82) is 0 Å². The summed E-state index contributed by atoms with van der Waals surface area (Å²) in [5, 5.41) is 0. The van der Waals surface area contributed by atoms with E-state index in [9.17, 15) is 0 Å². The third-order valence-electron chi connectivity index (χ3n) is 2.75. The summed E-state index contributed by atoms with van der Waals surface area (Å²) in [7, 11) is 0. The Morgan fingerprint density at radius 1 is 0.688 bits per heavy atom. The molecule has 0 bridgehead atoms. The van der Waals surface area contributed by atoms with Crippen LogP contribution >= 0.6 is 0 Å². The van der Waals surface area contributed by atoms with Crippen molar-refractivity contribution < 1.29 is 7.59 Å². The van der Waals surface area contributed by atoms with E-state index >= 15 is 0 Å². The molecular formula is C14H14MgO. The fourth-order valence-electron chi connectivity index (χ4n) is 1.90. The van der Waals surface area contributed by atoms with E-state index < -0.39 is 0 Å².